The molecule has 0 aromatic heterocycles. The lowest BCUT2D eigenvalue weighted by Crippen LogP contribution is -2.20. The van der Waals surface area contributed by atoms with Crippen molar-refractivity contribution in [2.24, 2.45) is 0 Å². The summed E-state index contributed by atoms with van der Waals surface area (Å²) in [6.07, 6.45) is 1.40. The Labute approximate surface area is 153 Å². The van der Waals surface area contributed by atoms with Crippen LogP contribution < -0.4 is 0 Å². The van der Waals surface area contributed by atoms with Gasteiger partial charge in [0.05, 0.1) is 13.2 Å². The Kier molecular flexibility index (Phi) is 10.9. The van der Waals surface area contributed by atoms with Crippen LogP contribution in [-0.2, 0) is 19.1 Å². The van der Waals surface area contributed by atoms with Crippen molar-refractivity contribution in [2.45, 2.75) is 54.4 Å². The first kappa shape index (κ1) is 21.9. The predicted molar refractivity (Wildman–Crippen MR) is 101 cm³/mol. The summed E-state index contributed by atoms with van der Waals surface area (Å²) in [5, 5.41) is 0. The van der Waals surface area contributed by atoms with E-state index in [2.05, 4.69) is 65.8 Å². The number of hydrogen-bond donors (Lipinski definition) is 0. The third kappa shape index (κ3) is 7.81. The first-order valence-corrected chi connectivity index (χ1v) is 8.90. The molecule has 0 saturated heterocycles. The lowest BCUT2D eigenvalue weighted by atomic mass is 10.0. The van der Waals surface area contributed by atoms with Crippen molar-refractivity contribution >= 4 is 34.5 Å². The third-order valence-corrected chi connectivity index (χ3v) is 4.58. The van der Waals surface area contributed by atoms with Gasteiger partial charge in [-0.15, -0.1) is 0 Å². The van der Waals surface area contributed by atoms with Crippen LogP contribution in [0.25, 0.3) is 0 Å². The molecule has 0 radical (unpaired) electrons. The van der Waals surface area contributed by atoms with Crippen LogP contribution in [0.3, 0.4) is 0 Å². The zero-order valence-corrected chi connectivity index (χ0v) is 17.1. The van der Waals surface area contributed by atoms with E-state index in [1.807, 2.05) is 13.8 Å². The molecule has 0 aliphatic carbocycles. The van der Waals surface area contributed by atoms with Gasteiger partial charge in [0.25, 0.3) is 0 Å². The van der Waals surface area contributed by atoms with Crippen molar-refractivity contribution in [1.29, 1.82) is 0 Å². The lowest BCUT2D eigenvalue weighted by Gasteiger charge is -2.09. The van der Waals surface area contributed by atoms with Crippen molar-refractivity contribution in [3.63, 3.8) is 0 Å². The van der Waals surface area contributed by atoms with Crippen LogP contribution in [0.15, 0.2) is 6.07 Å². The van der Waals surface area contributed by atoms with Gasteiger partial charge in [-0.3, -0.25) is 0 Å². The molecule has 0 fully saturated rings. The topological polar surface area (TPSA) is 52.6 Å². The largest absolute Gasteiger partial charge is 0.457 e. The lowest BCUT2D eigenvalue weighted by molar-refractivity contribution is -0.167. The summed E-state index contributed by atoms with van der Waals surface area (Å²) >= 11 is 2.39. The molecule has 0 bridgehead atoms. The molecule has 0 aliphatic heterocycles. The summed E-state index contributed by atoms with van der Waals surface area (Å²) in [6, 6.07) is 2.25. The van der Waals surface area contributed by atoms with E-state index in [1.165, 1.54) is 25.8 Å². The van der Waals surface area contributed by atoms with Crippen LogP contribution in [-0.4, -0.2) is 25.2 Å². The van der Waals surface area contributed by atoms with Crippen molar-refractivity contribution in [3.05, 3.63) is 31.9 Å². The minimum atomic E-state index is -0.898. The highest BCUT2D eigenvalue weighted by molar-refractivity contribution is 14.1. The number of rotatable bonds is 4. The summed E-state index contributed by atoms with van der Waals surface area (Å²) in [4.78, 5) is 21.4. The summed E-state index contributed by atoms with van der Waals surface area (Å²) in [6.45, 7) is 13.0. The molecule has 0 unspecified atom stereocenters. The molecule has 0 atom stereocenters. The van der Waals surface area contributed by atoms with E-state index < -0.39 is 11.9 Å². The van der Waals surface area contributed by atoms with Crippen molar-refractivity contribution in [3.8, 4) is 0 Å². The monoisotopic (exact) mass is 434 g/mol. The van der Waals surface area contributed by atoms with Crippen LogP contribution in [0.4, 0.5) is 0 Å². The molecule has 0 amide bonds. The Morgan fingerprint density at radius 3 is 1.70 bits per heavy atom. The van der Waals surface area contributed by atoms with E-state index in [0.717, 1.165) is 0 Å². The van der Waals surface area contributed by atoms with Gasteiger partial charge in [-0.25, -0.2) is 9.59 Å². The molecule has 0 aliphatic rings. The smallest absolute Gasteiger partial charge is 0.417 e. The first-order chi connectivity index (χ1) is 10.8. The van der Waals surface area contributed by atoms with Crippen LogP contribution >= 0.6 is 22.6 Å². The second-order valence-electron chi connectivity index (χ2n) is 5.32. The van der Waals surface area contributed by atoms with E-state index in [9.17, 15) is 9.59 Å². The fraction of sp³-hybridized carbons (Fsp3) is 0.556. The number of ether oxygens (including phenoxy) is 2. The number of hydrogen-bond acceptors (Lipinski definition) is 4. The number of benzene rings is 1. The summed E-state index contributed by atoms with van der Waals surface area (Å²) < 4.78 is 10.5. The van der Waals surface area contributed by atoms with Gasteiger partial charge >= 0.3 is 11.9 Å². The van der Waals surface area contributed by atoms with Gasteiger partial charge in [0.1, 0.15) is 0 Å². The molecule has 1 rings (SSSR count). The maximum absolute atomic E-state index is 10.7. The molecule has 0 saturated carbocycles. The molecule has 0 N–H and O–H groups in total. The number of halogens is 1. The highest BCUT2D eigenvalue weighted by Crippen LogP contribution is 2.21. The first-order valence-electron chi connectivity index (χ1n) is 7.82. The number of esters is 2. The molecule has 4 nitrogen and oxygen atoms in total. The minimum absolute atomic E-state index is 0.264. The Morgan fingerprint density at radius 2 is 1.30 bits per heavy atom. The maximum Gasteiger partial charge on any atom is 0.417 e. The van der Waals surface area contributed by atoms with Gasteiger partial charge in [-0.2, -0.15) is 0 Å². The van der Waals surface area contributed by atoms with Gasteiger partial charge in [-0.05, 0) is 91.4 Å². The van der Waals surface area contributed by atoms with Crippen LogP contribution in [0.5, 0.6) is 0 Å². The van der Waals surface area contributed by atoms with Gasteiger partial charge in [-0.1, -0.05) is 13.8 Å². The molecular weight excluding hydrogens is 407 g/mol. The highest BCUT2D eigenvalue weighted by Gasteiger charge is 2.15. The molecule has 0 heterocycles. The second kappa shape index (κ2) is 11.4. The summed E-state index contributed by atoms with van der Waals surface area (Å²) in [5.41, 5.74) is 5.70. The normalized spacial score (nSPS) is 9.70. The molecule has 5 heteroatoms. The molecule has 1 aromatic carbocycles. The second-order valence-corrected chi connectivity index (χ2v) is 6.48. The Hall–Kier alpha value is -1.11. The van der Waals surface area contributed by atoms with Crippen LogP contribution in [0.2, 0.25) is 0 Å². The molecule has 0 spiro atoms. The van der Waals surface area contributed by atoms with E-state index in [0.29, 0.717) is 12.8 Å². The highest BCUT2D eigenvalue weighted by atomic mass is 127. The van der Waals surface area contributed by atoms with E-state index >= 15 is 0 Å². The molecule has 1 aromatic rings. The number of aryl methyl sites for hydroxylation is 1. The van der Waals surface area contributed by atoms with E-state index in [-0.39, 0.29) is 13.2 Å². The molecular formula is C18H27IO4. The molecule has 23 heavy (non-hydrogen) atoms. The van der Waals surface area contributed by atoms with Crippen molar-refractivity contribution < 1.29 is 19.1 Å². The van der Waals surface area contributed by atoms with Gasteiger partial charge < -0.3 is 9.47 Å². The fourth-order valence-electron chi connectivity index (χ4n) is 1.67. The average Bonchev–Trinajstić information content (AvgIpc) is 2.54. The third-order valence-electron chi connectivity index (χ3n) is 3.46. The maximum atomic E-state index is 10.7. The minimum Gasteiger partial charge on any atom is -0.457 e. The van der Waals surface area contributed by atoms with Gasteiger partial charge in [0.2, 0.25) is 0 Å². The zero-order valence-electron chi connectivity index (χ0n) is 14.9. The van der Waals surface area contributed by atoms with Gasteiger partial charge in [0, 0.05) is 3.57 Å². The standard InChI is InChI=1S/C10H13I.C8H14O4/c1-6-5-10(11)9(4)8(3)7(6)2;1-3-5-11-7(9)8(10)12-6-4-2/h5H,1-4H3;3-6H2,1-2H3. The Balaban J connectivity index is 0.000000422. The SMILES string of the molecule is CCCOC(=O)C(=O)OCCC.Cc1cc(I)c(C)c(C)c1C. The van der Waals surface area contributed by atoms with E-state index in [1.54, 1.807) is 0 Å². The van der Waals surface area contributed by atoms with Crippen molar-refractivity contribution in [2.75, 3.05) is 13.2 Å². The number of carbonyl (C=O) groups is 2. The quantitative estimate of drug-likeness (QED) is 0.400. The average molecular weight is 434 g/mol. The Bertz CT molecular complexity index is 494. The van der Waals surface area contributed by atoms with E-state index in [4.69, 9.17) is 0 Å². The van der Waals surface area contributed by atoms with Crippen LogP contribution in [0.1, 0.15) is 48.9 Å². The van der Waals surface area contributed by atoms with Crippen molar-refractivity contribution in [1.82, 2.24) is 0 Å². The summed E-state index contributed by atoms with van der Waals surface area (Å²) in [5.74, 6) is -1.80. The predicted octanol–water partition coefficient (Wildman–Crippen LogP) is 4.42. The summed E-state index contributed by atoms with van der Waals surface area (Å²) in [7, 11) is 0. The zero-order chi connectivity index (χ0) is 18.0. The number of carbonyl (C=O) groups excluding carboxylic acids is 2. The van der Waals surface area contributed by atoms with Crippen LogP contribution in [0, 0.1) is 31.3 Å². The fourth-order valence-corrected chi connectivity index (χ4v) is 2.54. The molecule has 130 valence electrons. The Morgan fingerprint density at radius 1 is 0.870 bits per heavy atom. The van der Waals surface area contributed by atoms with Gasteiger partial charge in [0.15, 0.2) is 0 Å².